The zero-order valence-electron chi connectivity index (χ0n) is 18.2. The van der Waals surface area contributed by atoms with Crippen molar-refractivity contribution in [1.82, 2.24) is 0 Å². The average molecular weight is 371 g/mol. The quantitative estimate of drug-likeness (QED) is 0.490. The Morgan fingerprint density at radius 2 is 1.63 bits per heavy atom. The van der Waals surface area contributed by atoms with Crippen molar-refractivity contribution in [3.63, 3.8) is 0 Å². The lowest BCUT2D eigenvalue weighted by Gasteiger charge is -2.29. The minimum Gasteiger partial charge on any atom is -0.496 e. The van der Waals surface area contributed by atoms with E-state index in [-0.39, 0.29) is 10.8 Å². The Balaban J connectivity index is 3.54. The second-order valence-electron chi connectivity index (χ2n) is 9.04. The molecule has 0 unspecified atom stereocenters. The molecule has 0 radical (unpaired) electrons. The van der Waals surface area contributed by atoms with Gasteiger partial charge in [-0.05, 0) is 47.5 Å². The van der Waals surface area contributed by atoms with Gasteiger partial charge in [0.05, 0.1) is 7.11 Å². The second-order valence-corrected chi connectivity index (χ2v) is 9.04. The van der Waals surface area contributed by atoms with E-state index < -0.39 is 5.97 Å². The first-order valence-electron chi connectivity index (χ1n) is 9.27. The monoisotopic (exact) mass is 370 g/mol. The van der Waals surface area contributed by atoms with Crippen LogP contribution in [0.2, 0.25) is 0 Å². The third kappa shape index (κ3) is 6.42. The highest BCUT2D eigenvalue weighted by Gasteiger charge is 2.26. The Morgan fingerprint density at radius 3 is 2.07 bits per heavy atom. The molecule has 3 heteroatoms. The van der Waals surface area contributed by atoms with Crippen LogP contribution in [0.3, 0.4) is 0 Å². The van der Waals surface area contributed by atoms with Gasteiger partial charge in [0, 0.05) is 17.2 Å². The number of rotatable bonds is 5. The first-order chi connectivity index (χ1) is 12.3. The summed E-state index contributed by atoms with van der Waals surface area (Å²) in [5.74, 6) is -0.0392. The van der Waals surface area contributed by atoms with Crippen LogP contribution in [0.1, 0.15) is 72.1 Å². The zero-order valence-corrected chi connectivity index (χ0v) is 18.2. The van der Waals surface area contributed by atoms with E-state index in [1.54, 1.807) is 20.1 Å². The molecule has 0 aliphatic heterocycles. The molecule has 0 saturated heterocycles. The van der Waals surface area contributed by atoms with E-state index in [9.17, 15) is 4.79 Å². The molecule has 0 amide bonds. The van der Waals surface area contributed by atoms with E-state index in [1.165, 1.54) is 17.2 Å². The smallest absolute Gasteiger partial charge is 0.328 e. The van der Waals surface area contributed by atoms with Crippen LogP contribution in [0.5, 0.6) is 5.75 Å². The summed E-state index contributed by atoms with van der Waals surface area (Å²) in [6, 6.07) is 4.46. The maximum Gasteiger partial charge on any atom is 0.328 e. The van der Waals surface area contributed by atoms with Crippen molar-refractivity contribution in [2.75, 3.05) is 7.11 Å². The molecule has 0 fully saturated rings. The fraction of sp³-hybridized carbons (Fsp3) is 0.458. The number of methoxy groups -OCH3 is 1. The van der Waals surface area contributed by atoms with Gasteiger partial charge in [-0.3, -0.25) is 0 Å². The van der Waals surface area contributed by atoms with E-state index >= 15 is 0 Å². The van der Waals surface area contributed by atoms with Crippen molar-refractivity contribution in [3.8, 4) is 5.75 Å². The molecule has 1 aromatic rings. The number of carboxylic acid groups (broad SMARTS) is 1. The number of hydrogen-bond donors (Lipinski definition) is 1. The lowest BCUT2D eigenvalue weighted by atomic mass is 9.78. The highest BCUT2D eigenvalue weighted by molar-refractivity contribution is 5.81. The van der Waals surface area contributed by atoms with Crippen molar-refractivity contribution in [3.05, 3.63) is 58.7 Å². The average Bonchev–Trinajstić information content (AvgIpc) is 2.50. The Kier molecular flexibility index (Phi) is 7.25. The van der Waals surface area contributed by atoms with Crippen LogP contribution in [0.25, 0.3) is 5.57 Å². The topological polar surface area (TPSA) is 46.5 Å². The van der Waals surface area contributed by atoms with Gasteiger partial charge in [-0.15, -0.1) is 0 Å². The minimum atomic E-state index is -0.938. The SMILES string of the molecule is COc1c(C(C)=CC=CC(C)=CC(=O)O)cc(C(C)(C)C)cc1C(C)(C)C. The van der Waals surface area contributed by atoms with Crippen LogP contribution in [0, 0.1) is 0 Å². The number of hydrogen-bond acceptors (Lipinski definition) is 2. The van der Waals surface area contributed by atoms with Crippen molar-refractivity contribution >= 4 is 11.5 Å². The highest BCUT2D eigenvalue weighted by Crippen LogP contribution is 2.40. The standard InChI is InChI=1S/C24H34O3/c1-16(13-21(25)26)11-10-12-17(2)19-14-18(23(3,4)5)15-20(22(19)27-9)24(6,7)8/h10-15H,1-9H3,(H,25,26). The third-order valence-electron chi connectivity index (χ3n) is 4.45. The molecule has 0 aromatic heterocycles. The number of ether oxygens (including phenoxy) is 1. The molecule has 0 atom stereocenters. The summed E-state index contributed by atoms with van der Waals surface area (Å²) in [6.45, 7) is 17.0. The van der Waals surface area contributed by atoms with Gasteiger partial charge in [0.25, 0.3) is 0 Å². The second kappa shape index (κ2) is 8.60. The Labute approximate surface area is 164 Å². The molecular weight excluding hydrogens is 336 g/mol. The van der Waals surface area contributed by atoms with Crippen LogP contribution in [0.15, 0.2) is 42.0 Å². The molecule has 1 rings (SSSR count). The largest absolute Gasteiger partial charge is 0.496 e. The predicted octanol–water partition coefficient (Wildman–Crippen LogP) is 6.28. The molecule has 3 nitrogen and oxygen atoms in total. The lowest BCUT2D eigenvalue weighted by molar-refractivity contribution is -0.131. The zero-order chi connectivity index (χ0) is 21.0. The van der Waals surface area contributed by atoms with Crippen LogP contribution in [-0.2, 0) is 15.6 Å². The van der Waals surface area contributed by atoms with Crippen LogP contribution >= 0.6 is 0 Å². The first-order valence-corrected chi connectivity index (χ1v) is 9.27. The minimum absolute atomic E-state index is 0.0257. The number of aliphatic carboxylic acids is 1. The fourth-order valence-electron chi connectivity index (χ4n) is 2.81. The molecule has 0 heterocycles. The van der Waals surface area contributed by atoms with Crippen LogP contribution < -0.4 is 4.74 Å². The van der Waals surface area contributed by atoms with E-state index in [1.807, 2.05) is 12.2 Å². The molecule has 0 aliphatic carbocycles. The summed E-state index contributed by atoms with van der Waals surface area (Å²) in [7, 11) is 1.72. The van der Waals surface area contributed by atoms with Gasteiger partial charge in [0.1, 0.15) is 5.75 Å². The maximum atomic E-state index is 10.7. The number of carboxylic acids is 1. The molecule has 1 aromatic carbocycles. The molecule has 0 bridgehead atoms. The number of carbonyl (C=O) groups is 1. The summed E-state index contributed by atoms with van der Waals surface area (Å²) in [5.41, 5.74) is 5.27. The third-order valence-corrected chi connectivity index (χ3v) is 4.45. The van der Waals surface area contributed by atoms with Crippen molar-refractivity contribution < 1.29 is 14.6 Å². The molecule has 27 heavy (non-hydrogen) atoms. The molecule has 148 valence electrons. The van der Waals surface area contributed by atoms with E-state index in [0.717, 1.165) is 16.9 Å². The molecule has 0 spiro atoms. The normalized spacial score (nSPS) is 14.0. The van der Waals surface area contributed by atoms with Crippen molar-refractivity contribution in [1.29, 1.82) is 0 Å². The fourth-order valence-corrected chi connectivity index (χ4v) is 2.81. The summed E-state index contributed by atoms with van der Waals surface area (Å²) < 4.78 is 5.82. The highest BCUT2D eigenvalue weighted by atomic mass is 16.5. The Morgan fingerprint density at radius 1 is 1.04 bits per heavy atom. The summed E-state index contributed by atoms with van der Waals surface area (Å²) >= 11 is 0. The Bertz CT molecular complexity index is 779. The summed E-state index contributed by atoms with van der Waals surface area (Å²) in [5, 5.41) is 8.81. The van der Waals surface area contributed by atoms with Gasteiger partial charge in [-0.25, -0.2) is 4.79 Å². The van der Waals surface area contributed by atoms with Crippen LogP contribution in [-0.4, -0.2) is 18.2 Å². The molecule has 0 aliphatic rings. The first kappa shape index (κ1) is 22.8. The van der Waals surface area contributed by atoms with Gasteiger partial charge < -0.3 is 9.84 Å². The van der Waals surface area contributed by atoms with E-state index in [0.29, 0.717) is 5.57 Å². The van der Waals surface area contributed by atoms with Gasteiger partial charge in [0.15, 0.2) is 0 Å². The van der Waals surface area contributed by atoms with Crippen molar-refractivity contribution in [2.24, 2.45) is 0 Å². The Hall–Kier alpha value is -2.29. The molecular formula is C24H34O3. The molecule has 0 saturated carbocycles. The van der Waals surface area contributed by atoms with Crippen LogP contribution in [0.4, 0.5) is 0 Å². The van der Waals surface area contributed by atoms with Gasteiger partial charge >= 0.3 is 5.97 Å². The van der Waals surface area contributed by atoms with Gasteiger partial charge in [-0.1, -0.05) is 65.8 Å². The number of benzene rings is 1. The van der Waals surface area contributed by atoms with Gasteiger partial charge in [-0.2, -0.15) is 0 Å². The predicted molar refractivity (Wildman–Crippen MR) is 115 cm³/mol. The van der Waals surface area contributed by atoms with Crippen molar-refractivity contribution in [2.45, 2.75) is 66.2 Å². The lowest BCUT2D eigenvalue weighted by Crippen LogP contribution is -2.18. The number of allylic oxidation sites excluding steroid dienone is 5. The summed E-state index contributed by atoms with van der Waals surface area (Å²) in [4.78, 5) is 10.7. The summed E-state index contributed by atoms with van der Waals surface area (Å²) in [6.07, 6.45) is 6.86. The van der Waals surface area contributed by atoms with Gasteiger partial charge in [0.2, 0.25) is 0 Å². The van der Waals surface area contributed by atoms with E-state index in [2.05, 4.69) is 60.6 Å². The molecule has 1 N–H and O–H groups in total. The maximum absolute atomic E-state index is 10.7. The van der Waals surface area contributed by atoms with E-state index in [4.69, 9.17) is 9.84 Å².